The van der Waals surface area contributed by atoms with Crippen molar-refractivity contribution in [3.05, 3.63) is 41.7 Å². The zero-order valence-electron chi connectivity index (χ0n) is 9.48. The molecule has 0 amide bonds. The maximum absolute atomic E-state index is 13.0. The van der Waals surface area contributed by atoms with E-state index in [-0.39, 0.29) is 12.4 Å². The van der Waals surface area contributed by atoms with Crippen molar-refractivity contribution in [3.8, 4) is 0 Å². The van der Waals surface area contributed by atoms with Gasteiger partial charge in [-0.2, -0.15) is 0 Å². The number of ether oxygens (including phenoxy) is 1. The second-order valence-electron chi connectivity index (χ2n) is 3.18. The quantitative estimate of drug-likeness (QED) is 0.265. The first-order chi connectivity index (χ1) is 8.58. The van der Waals surface area contributed by atoms with Crippen LogP contribution in [0.5, 0.6) is 0 Å². The van der Waals surface area contributed by atoms with Crippen LogP contribution in [0.3, 0.4) is 0 Å². The van der Waals surface area contributed by atoms with E-state index in [2.05, 4.69) is 4.74 Å². The first-order valence-electron chi connectivity index (χ1n) is 5.05. The van der Waals surface area contributed by atoms with Crippen molar-refractivity contribution in [2.45, 2.75) is 6.92 Å². The highest BCUT2D eigenvalue weighted by Crippen LogP contribution is 2.19. The molecule has 96 valence electrons. The monoisotopic (exact) mass is 364 g/mol. The molecule has 1 rings (SSSR count). The SMILES string of the molecule is CCOC(=O)C(=O)/C=C(\OI)c1cccc(F)c1. The van der Waals surface area contributed by atoms with Crippen molar-refractivity contribution in [1.29, 1.82) is 0 Å². The summed E-state index contributed by atoms with van der Waals surface area (Å²) in [7, 11) is 0. The number of esters is 1. The van der Waals surface area contributed by atoms with Crippen LogP contribution < -0.4 is 0 Å². The summed E-state index contributed by atoms with van der Waals surface area (Å²) in [6.45, 7) is 1.70. The van der Waals surface area contributed by atoms with Crippen LogP contribution in [-0.2, 0) is 17.4 Å². The van der Waals surface area contributed by atoms with E-state index in [4.69, 9.17) is 3.07 Å². The second kappa shape index (κ2) is 7.10. The Morgan fingerprint density at radius 3 is 2.72 bits per heavy atom. The largest absolute Gasteiger partial charge is 0.460 e. The summed E-state index contributed by atoms with van der Waals surface area (Å²) >= 11 is 1.55. The Balaban J connectivity index is 2.96. The summed E-state index contributed by atoms with van der Waals surface area (Å²) in [5.74, 6) is -2.20. The van der Waals surface area contributed by atoms with E-state index in [9.17, 15) is 14.0 Å². The standard InChI is InChI=1S/C12H10FIO4/c1-2-17-12(16)10(15)7-11(18-14)8-4-3-5-9(13)6-8/h3-7H,2H2,1H3/b11-7-. The first kappa shape index (κ1) is 14.6. The molecule has 0 aliphatic carbocycles. The fourth-order valence-electron chi connectivity index (χ4n) is 1.17. The molecule has 0 unspecified atom stereocenters. The molecule has 0 spiro atoms. The average molecular weight is 364 g/mol. The fraction of sp³-hybridized carbons (Fsp3) is 0.167. The van der Waals surface area contributed by atoms with E-state index in [0.29, 0.717) is 5.56 Å². The molecule has 1 aromatic carbocycles. The third-order valence-electron chi connectivity index (χ3n) is 1.93. The number of ketones is 1. The number of carbonyl (C=O) groups excluding carboxylic acids is 2. The van der Waals surface area contributed by atoms with Crippen molar-refractivity contribution < 1.29 is 21.8 Å². The minimum Gasteiger partial charge on any atom is -0.460 e. The molecular formula is C12H10FIO4. The van der Waals surface area contributed by atoms with Gasteiger partial charge in [-0.1, -0.05) is 12.1 Å². The summed E-state index contributed by atoms with van der Waals surface area (Å²) < 4.78 is 22.5. The van der Waals surface area contributed by atoms with Gasteiger partial charge in [0.2, 0.25) is 0 Å². The molecule has 0 bridgehead atoms. The van der Waals surface area contributed by atoms with Gasteiger partial charge in [-0.05, 0) is 19.1 Å². The number of hydrogen-bond acceptors (Lipinski definition) is 4. The summed E-state index contributed by atoms with van der Waals surface area (Å²) in [5.41, 5.74) is 0.363. The first-order valence-corrected chi connectivity index (χ1v) is 5.94. The molecule has 0 aliphatic heterocycles. The lowest BCUT2D eigenvalue weighted by atomic mass is 10.1. The van der Waals surface area contributed by atoms with Crippen molar-refractivity contribution >= 4 is 40.5 Å². The van der Waals surface area contributed by atoms with Crippen molar-refractivity contribution in [2.75, 3.05) is 6.61 Å². The number of carbonyl (C=O) groups is 2. The van der Waals surface area contributed by atoms with E-state index >= 15 is 0 Å². The Kier molecular flexibility index (Phi) is 5.76. The highest BCUT2D eigenvalue weighted by molar-refractivity contribution is 14.1. The normalized spacial score (nSPS) is 10.9. The van der Waals surface area contributed by atoms with Gasteiger partial charge in [-0.25, -0.2) is 9.18 Å². The fourth-order valence-corrected chi connectivity index (χ4v) is 1.55. The third kappa shape index (κ3) is 4.10. The Labute approximate surface area is 117 Å². The van der Waals surface area contributed by atoms with Gasteiger partial charge >= 0.3 is 5.97 Å². The van der Waals surface area contributed by atoms with Crippen LogP contribution in [0.4, 0.5) is 4.39 Å². The van der Waals surface area contributed by atoms with Gasteiger partial charge in [-0.3, -0.25) is 4.79 Å². The molecule has 0 radical (unpaired) electrons. The molecule has 0 atom stereocenters. The van der Waals surface area contributed by atoms with Gasteiger partial charge in [0.15, 0.2) is 23.0 Å². The summed E-state index contributed by atoms with van der Waals surface area (Å²) in [6.07, 6.45) is 0.971. The van der Waals surface area contributed by atoms with E-state index in [1.165, 1.54) is 18.2 Å². The van der Waals surface area contributed by atoms with E-state index in [1.807, 2.05) is 0 Å². The molecule has 0 saturated carbocycles. The molecule has 0 saturated heterocycles. The Bertz CT molecular complexity index is 485. The smallest absolute Gasteiger partial charge is 0.379 e. The molecule has 0 fully saturated rings. The zero-order valence-corrected chi connectivity index (χ0v) is 11.6. The van der Waals surface area contributed by atoms with Gasteiger partial charge in [0.05, 0.1) is 6.61 Å². The third-order valence-corrected chi connectivity index (χ3v) is 2.41. The van der Waals surface area contributed by atoms with Crippen LogP contribution in [0.25, 0.3) is 5.76 Å². The Morgan fingerprint density at radius 1 is 1.44 bits per heavy atom. The lowest BCUT2D eigenvalue weighted by Gasteiger charge is -2.04. The molecule has 1 aromatic rings. The molecule has 0 N–H and O–H groups in total. The van der Waals surface area contributed by atoms with Crippen molar-refractivity contribution in [2.24, 2.45) is 0 Å². The summed E-state index contributed by atoms with van der Waals surface area (Å²) in [4.78, 5) is 22.6. The predicted octanol–water partition coefficient (Wildman–Crippen LogP) is 2.67. The Morgan fingerprint density at radius 2 is 2.17 bits per heavy atom. The minimum atomic E-state index is -0.972. The molecule has 0 heterocycles. The Hall–Kier alpha value is -1.44. The van der Waals surface area contributed by atoms with E-state index in [0.717, 1.165) is 6.08 Å². The molecule has 4 nitrogen and oxygen atoms in total. The van der Waals surface area contributed by atoms with Crippen LogP contribution in [-0.4, -0.2) is 18.4 Å². The summed E-state index contributed by atoms with van der Waals surface area (Å²) in [6, 6.07) is 5.50. The van der Waals surface area contributed by atoms with Gasteiger partial charge in [-0.15, -0.1) is 0 Å². The highest BCUT2D eigenvalue weighted by Gasteiger charge is 2.15. The number of benzene rings is 1. The van der Waals surface area contributed by atoms with Gasteiger partial charge < -0.3 is 7.80 Å². The van der Waals surface area contributed by atoms with Gasteiger partial charge in [0.25, 0.3) is 5.78 Å². The van der Waals surface area contributed by atoms with Gasteiger partial charge in [0, 0.05) is 11.6 Å². The van der Waals surface area contributed by atoms with Crippen molar-refractivity contribution in [3.63, 3.8) is 0 Å². The zero-order chi connectivity index (χ0) is 13.5. The predicted molar refractivity (Wildman–Crippen MR) is 71.1 cm³/mol. The topological polar surface area (TPSA) is 52.6 Å². The highest BCUT2D eigenvalue weighted by atomic mass is 127. The second-order valence-corrected chi connectivity index (χ2v) is 3.62. The average Bonchev–Trinajstić information content (AvgIpc) is 2.35. The molecular weight excluding hydrogens is 354 g/mol. The van der Waals surface area contributed by atoms with Crippen LogP contribution >= 0.6 is 23.0 Å². The maximum Gasteiger partial charge on any atom is 0.379 e. The molecule has 18 heavy (non-hydrogen) atoms. The lowest BCUT2D eigenvalue weighted by molar-refractivity contribution is -0.151. The number of hydrogen-bond donors (Lipinski definition) is 0. The molecule has 0 aromatic heterocycles. The van der Waals surface area contributed by atoms with Crippen molar-refractivity contribution in [1.82, 2.24) is 0 Å². The van der Waals surface area contributed by atoms with E-state index < -0.39 is 17.6 Å². The number of halogens is 2. The molecule has 0 aliphatic rings. The van der Waals surface area contributed by atoms with Crippen LogP contribution in [0.1, 0.15) is 12.5 Å². The summed E-state index contributed by atoms with van der Waals surface area (Å²) in [5, 5.41) is 0. The lowest BCUT2D eigenvalue weighted by Crippen LogP contribution is -2.15. The van der Waals surface area contributed by atoms with E-state index in [1.54, 1.807) is 36.0 Å². The number of rotatable bonds is 5. The molecule has 6 heteroatoms. The van der Waals surface area contributed by atoms with Crippen LogP contribution in [0.15, 0.2) is 30.3 Å². The maximum atomic E-state index is 13.0. The van der Waals surface area contributed by atoms with Crippen LogP contribution in [0, 0.1) is 5.82 Å². The van der Waals surface area contributed by atoms with Gasteiger partial charge in [0.1, 0.15) is 11.6 Å². The minimum absolute atomic E-state index is 0.0909. The van der Waals surface area contributed by atoms with Crippen LogP contribution in [0.2, 0.25) is 0 Å².